The van der Waals surface area contributed by atoms with Gasteiger partial charge in [-0.3, -0.25) is 4.90 Å². The van der Waals surface area contributed by atoms with E-state index in [1.807, 2.05) is 13.8 Å². The molecule has 17 heavy (non-hydrogen) atoms. The van der Waals surface area contributed by atoms with Crippen molar-refractivity contribution in [2.75, 3.05) is 7.05 Å². The molecule has 1 aromatic carbocycles. The van der Waals surface area contributed by atoms with Crippen LogP contribution in [-0.4, -0.2) is 18.0 Å². The third-order valence-electron chi connectivity index (χ3n) is 3.83. The fourth-order valence-corrected chi connectivity index (χ4v) is 2.59. The molecule has 0 saturated heterocycles. The minimum Gasteiger partial charge on any atom is -0.299 e. The van der Waals surface area contributed by atoms with E-state index in [0.29, 0.717) is 0 Å². The normalized spacial score (nSPS) is 21.1. The monoisotopic (exact) mass is 233 g/mol. The second kappa shape index (κ2) is 6.80. The van der Waals surface area contributed by atoms with Gasteiger partial charge in [-0.2, -0.15) is 0 Å². The van der Waals surface area contributed by atoms with Crippen LogP contribution in [0.4, 0.5) is 0 Å². The van der Waals surface area contributed by atoms with Gasteiger partial charge in [0.05, 0.1) is 0 Å². The standard InChI is InChI=1S/C14H21N.C2H6/c1-4-11(2)14-9-12-7-5-6-8-13(12)10-15(14)3;1-2/h5-8,11,14H,4,9-10H2,1-3H3;1-2H3. The predicted molar refractivity (Wildman–Crippen MR) is 76.2 cm³/mol. The molecule has 2 atom stereocenters. The van der Waals surface area contributed by atoms with Crippen LogP contribution in [0.25, 0.3) is 0 Å². The van der Waals surface area contributed by atoms with Crippen molar-refractivity contribution in [2.45, 2.75) is 53.1 Å². The first-order valence-corrected chi connectivity index (χ1v) is 6.99. The molecule has 0 N–H and O–H groups in total. The molecule has 1 nitrogen and oxygen atoms in total. The highest BCUT2D eigenvalue weighted by atomic mass is 15.1. The van der Waals surface area contributed by atoms with Crippen LogP contribution < -0.4 is 0 Å². The first kappa shape index (κ1) is 14.2. The Balaban J connectivity index is 0.000000686. The molecule has 0 aliphatic carbocycles. The third-order valence-corrected chi connectivity index (χ3v) is 3.83. The molecule has 2 unspecified atom stereocenters. The lowest BCUT2D eigenvalue weighted by Gasteiger charge is -2.37. The Labute approximate surface area is 107 Å². The van der Waals surface area contributed by atoms with Crippen LogP contribution in [0.1, 0.15) is 45.2 Å². The van der Waals surface area contributed by atoms with Crippen molar-refractivity contribution in [2.24, 2.45) is 5.92 Å². The number of fused-ring (bicyclic) bond motifs is 1. The van der Waals surface area contributed by atoms with Crippen molar-refractivity contribution in [1.82, 2.24) is 4.90 Å². The fourth-order valence-electron chi connectivity index (χ4n) is 2.59. The van der Waals surface area contributed by atoms with Crippen LogP contribution in [0.2, 0.25) is 0 Å². The Morgan fingerprint density at radius 1 is 1.24 bits per heavy atom. The maximum absolute atomic E-state index is 2.51. The highest BCUT2D eigenvalue weighted by molar-refractivity contribution is 5.30. The SMILES string of the molecule is CC.CCC(C)C1Cc2ccccc2CN1C. The molecule has 96 valence electrons. The van der Waals surface area contributed by atoms with E-state index >= 15 is 0 Å². The number of benzene rings is 1. The van der Waals surface area contributed by atoms with Crippen molar-refractivity contribution < 1.29 is 0 Å². The zero-order chi connectivity index (χ0) is 12.8. The minimum absolute atomic E-state index is 0.727. The van der Waals surface area contributed by atoms with Gasteiger partial charge < -0.3 is 0 Å². The third kappa shape index (κ3) is 3.32. The summed E-state index contributed by atoms with van der Waals surface area (Å²) >= 11 is 0. The molecule has 1 heterocycles. The molecule has 0 spiro atoms. The van der Waals surface area contributed by atoms with Gasteiger partial charge in [-0.05, 0) is 30.5 Å². The maximum Gasteiger partial charge on any atom is 0.0236 e. The number of likely N-dealkylation sites (N-methyl/N-ethyl adjacent to an activating group) is 1. The highest BCUT2D eigenvalue weighted by Crippen LogP contribution is 2.26. The molecule has 2 rings (SSSR count). The van der Waals surface area contributed by atoms with E-state index in [1.165, 1.54) is 18.4 Å². The Hall–Kier alpha value is -0.820. The van der Waals surface area contributed by atoms with Crippen LogP contribution in [0, 0.1) is 5.92 Å². The van der Waals surface area contributed by atoms with Crippen molar-refractivity contribution in [3.63, 3.8) is 0 Å². The van der Waals surface area contributed by atoms with Gasteiger partial charge in [-0.1, -0.05) is 58.4 Å². The minimum atomic E-state index is 0.727. The zero-order valence-electron chi connectivity index (χ0n) is 12.0. The number of rotatable bonds is 2. The average Bonchev–Trinajstić information content (AvgIpc) is 2.39. The van der Waals surface area contributed by atoms with Crippen LogP contribution >= 0.6 is 0 Å². The van der Waals surface area contributed by atoms with E-state index < -0.39 is 0 Å². The quantitative estimate of drug-likeness (QED) is 0.743. The largest absolute Gasteiger partial charge is 0.299 e. The van der Waals surface area contributed by atoms with Crippen molar-refractivity contribution in [3.05, 3.63) is 35.4 Å². The summed E-state index contributed by atoms with van der Waals surface area (Å²) in [5, 5.41) is 0. The zero-order valence-corrected chi connectivity index (χ0v) is 12.0. The summed E-state index contributed by atoms with van der Waals surface area (Å²) in [5.74, 6) is 0.795. The second-order valence-corrected chi connectivity index (χ2v) is 4.84. The van der Waals surface area contributed by atoms with Gasteiger partial charge in [0.1, 0.15) is 0 Å². The molecule has 1 aliphatic rings. The lowest BCUT2D eigenvalue weighted by Crippen LogP contribution is -2.41. The van der Waals surface area contributed by atoms with Crippen LogP contribution in [-0.2, 0) is 13.0 Å². The van der Waals surface area contributed by atoms with E-state index in [2.05, 4.69) is 50.1 Å². The van der Waals surface area contributed by atoms with E-state index in [4.69, 9.17) is 0 Å². The fraction of sp³-hybridized carbons (Fsp3) is 0.625. The summed E-state index contributed by atoms with van der Waals surface area (Å²) in [4.78, 5) is 2.51. The van der Waals surface area contributed by atoms with Gasteiger partial charge in [-0.25, -0.2) is 0 Å². The van der Waals surface area contributed by atoms with E-state index in [9.17, 15) is 0 Å². The summed E-state index contributed by atoms with van der Waals surface area (Å²) < 4.78 is 0. The molecule has 1 heteroatoms. The topological polar surface area (TPSA) is 3.24 Å². The van der Waals surface area contributed by atoms with Crippen LogP contribution in [0.3, 0.4) is 0 Å². The van der Waals surface area contributed by atoms with Crippen molar-refractivity contribution in [1.29, 1.82) is 0 Å². The second-order valence-electron chi connectivity index (χ2n) is 4.84. The molecular weight excluding hydrogens is 206 g/mol. The van der Waals surface area contributed by atoms with Gasteiger partial charge in [0.25, 0.3) is 0 Å². The van der Waals surface area contributed by atoms with Crippen molar-refractivity contribution >= 4 is 0 Å². The molecule has 0 radical (unpaired) electrons. The van der Waals surface area contributed by atoms with Gasteiger partial charge in [0.2, 0.25) is 0 Å². The van der Waals surface area contributed by atoms with Gasteiger partial charge in [0.15, 0.2) is 0 Å². The summed E-state index contributed by atoms with van der Waals surface area (Å²) in [5.41, 5.74) is 3.07. The summed E-state index contributed by atoms with van der Waals surface area (Å²) in [6, 6.07) is 9.59. The van der Waals surface area contributed by atoms with Gasteiger partial charge in [0, 0.05) is 12.6 Å². The van der Waals surface area contributed by atoms with Gasteiger partial charge >= 0.3 is 0 Å². The highest BCUT2D eigenvalue weighted by Gasteiger charge is 2.26. The molecular formula is C16H27N. The maximum atomic E-state index is 2.51. The summed E-state index contributed by atoms with van der Waals surface area (Å²) in [6.07, 6.45) is 2.50. The van der Waals surface area contributed by atoms with Gasteiger partial charge in [-0.15, -0.1) is 0 Å². The smallest absolute Gasteiger partial charge is 0.0236 e. The van der Waals surface area contributed by atoms with E-state index in [-0.39, 0.29) is 0 Å². The molecule has 0 saturated carbocycles. The number of nitrogens with zero attached hydrogens (tertiary/aromatic N) is 1. The van der Waals surface area contributed by atoms with Crippen LogP contribution in [0.15, 0.2) is 24.3 Å². The average molecular weight is 233 g/mol. The molecule has 0 fully saturated rings. The molecule has 1 aromatic rings. The lowest BCUT2D eigenvalue weighted by molar-refractivity contribution is 0.158. The Bertz CT molecular complexity index is 332. The molecule has 1 aliphatic heterocycles. The van der Waals surface area contributed by atoms with E-state index in [0.717, 1.165) is 18.5 Å². The lowest BCUT2D eigenvalue weighted by atomic mass is 9.86. The number of hydrogen-bond acceptors (Lipinski definition) is 1. The molecule has 0 bridgehead atoms. The predicted octanol–water partition coefficient (Wildman–Crippen LogP) is 4.12. The van der Waals surface area contributed by atoms with Crippen LogP contribution in [0.5, 0.6) is 0 Å². The Kier molecular flexibility index (Phi) is 5.70. The van der Waals surface area contributed by atoms with E-state index in [1.54, 1.807) is 5.56 Å². The Morgan fingerprint density at radius 2 is 1.82 bits per heavy atom. The van der Waals surface area contributed by atoms with Crippen molar-refractivity contribution in [3.8, 4) is 0 Å². The first-order valence-electron chi connectivity index (χ1n) is 6.99. The molecule has 0 aromatic heterocycles. The number of hydrogen-bond donors (Lipinski definition) is 0. The summed E-state index contributed by atoms with van der Waals surface area (Å²) in [7, 11) is 2.26. The molecule has 0 amide bonds. The Morgan fingerprint density at radius 3 is 2.41 bits per heavy atom. The first-order chi connectivity index (χ1) is 8.22. The summed E-state index contributed by atoms with van der Waals surface area (Å²) in [6.45, 7) is 9.78.